The van der Waals surface area contributed by atoms with E-state index in [1.54, 1.807) is 18.5 Å². The Morgan fingerprint density at radius 1 is 1.54 bits per heavy atom. The average molecular weight is 181 g/mol. The molecular formula is C10H15NO2. The van der Waals surface area contributed by atoms with Crippen molar-refractivity contribution in [3.05, 3.63) is 24.5 Å². The van der Waals surface area contributed by atoms with Crippen molar-refractivity contribution in [1.29, 1.82) is 0 Å². The van der Waals surface area contributed by atoms with Crippen molar-refractivity contribution in [3.63, 3.8) is 0 Å². The van der Waals surface area contributed by atoms with E-state index < -0.39 is 6.10 Å². The second-order valence-electron chi connectivity index (χ2n) is 3.31. The van der Waals surface area contributed by atoms with Gasteiger partial charge in [-0.3, -0.25) is 4.98 Å². The second kappa shape index (κ2) is 4.82. The van der Waals surface area contributed by atoms with Gasteiger partial charge in [0.1, 0.15) is 12.4 Å². The molecule has 0 aliphatic rings. The molecule has 3 nitrogen and oxygen atoms in total. The number of nitrogens with zero attached hydrogens (tertiary/aromatic N) is 1. The molecule has 1 N–H and O–H groups in total. The highest BCUT2D eigenvalue weighted by atomic mass is 16.5. The van der Waals surface area contributed by atoms with E-state index in [1.807, 2.05) is 19.9 Å². The molecule has 1 atom stereocenters. The lowest BCUT2D eigenvalue weighted by atomic mass is 10.1. The van der Waals surface area contributed by atoms with E-state index in [-0.39, 0.29) is 5.92 Å². The number of aliphatic hydroxyl groups is 1. The zero-order valence-electron chi connectivity index (χ0n) is 7.97. The maximum absolute atomic E-state index is 9.44. The van der Waals surface area contributed by atoms with E-state index in [0.29, 0.717) is 12.4 Å². The molecule has 0 saturated heterocycles. The molecule has 72 valence electrons. The predicted octanol–water partition coefficient (Wildman–Crippen LogP) is 1.48. The van der Waals surface area contributed by atoms with Gasteiger partial charge in [-0.15, -0.1) is 0 Å². The molecule has 0 aliphatic heterocycles. The molecule has 1 rings (SSSR count). The number of ether oxygens (including phenoxy) is 1. The molecule has 0 fully saturated rings. The van der Waals surface area contributed by atoms with Crippen molar-refractivity contribution in [3.8, 4) is 5.75 Å². The summed E-state index contributed by atoms with van der Waals surface area (Å²) in [6, 6.07) is 3.62. The molecular weight excluding hydrogens is 166 g/mol. The molecule has 0 spiro atoms. The summed E-state index contributed by atoms with van der Waals surface area (Å²) in [4.78, 5) is 3.90. The van der Waals surface area contributed by atoms with Crippen molar-refractivity contribution >= 4 is 0 Å². The Balaban J connectivity index is 2.35. The fourth-order valence-electron chi connectivity index (χ4n) is 0.807. The van der Waals surface area contributed by atoms with Gasteiger partial charge in [-0.25, -0.2) is 0 Å². The highest BCUT2D eigenvalue weighted by Gasteiger charge is 2.09. The molecule has 0 radical (unpaired) electrons. The van der Waals surface area contributed by atoms with E-state index in [4.69, 9.17) is 4.74 Å². The summed E-state index contributed by atoms with van der Waals surface area (Å²) in [5.74, 6) is 0.916. The third-order valence-electron chi connectivity index (χ3n) is 1.82. The van der Waals surface area contributed by atoms with Gasteiger partial charge in [0, 0.05) is 6.20 Å². The Hall–Kier alpha value is -1.09. The summed E-state index contributed by atoms with van der Waals surface area (Å²) in [6.07, 6.45) is 2.90. The van der Waals surface area contributed by atoms with Crippen LogP contribution < -0.4 is 4.74 Å². The van der Waals surface area contributed by atoms with Gasteiger partial charge in [0.05, 0.1) is 12.3 Å². The van der Waals surface area contributed by atoms with Crippen LogP contribution in [-0.2, 0) is 0 Å². The number of hydrogen-bond acceptors (Lipinski definition) is 3. The van der Waals surface area contributed by atoms with Crippen molar-refractivity contribution in [2.45, 2.75) is 20.0 Å². The molecule has 13 heavy (non-hydrogen) atoms. The highest BCUT2D eigenvalue weighted by Crippen LogP contribution is 2.08. The van der Waals surface area contributed by atoms with Crippen molar-refractivity contribution in [2.24, 2.45) is 5.92 Å². The van der Waals surface area contributed by atoms with Gasteiger partial charge in [0.25, 0.3) is 0 Å². The van der Waals surface area contributed by atoms with Gasteiger partial charge in [-0.05, 0) is 18.1 Å². The Bertz CT molecular complexity index is 236. The average Bonchev–Trinajstić information content (AvgIpc) is 2.15. The van der Waals surface area contributed by atoms with Crippen LogP contribution in [0.5, 0.6) is 5.75 Å². The molecule has 0 aliphatic carbocycles. The molecule has 0 aromatic carbocycles. The van der Waals surface area contributed by atoms with Crippen LogP contribution in [0.1, 0.15) is 13.8 Å². The summed E-state index contributed by atoms with van der Waals surface area (Å²) in [5, 5.41) is 9.44. The van der Waals surface area contributed by atoms with Gasteiger partial charge in [0.15, 0.2) is 0 Å². The summed E-state index contributed by atoms with van der Waals surface area (Å²) in [6.45, 7) is 4.23. The van der Waals surface area contributed by atoms with Gasteiger partial charge < -0.3 is 9.84 Å². The summed E-state index contributed by atoms with van der Waals surface area (Å²) in [5.41, 5.74) is 0. The summed E-state index contributed by atoms with van der Waals surface area (Å²) in [7, 11) is 0. The SMILES string of the molecule is CC(C)C(O)COc1cccnc1. The van der Waals surface area contributed by atoms with E-state index in [2.05, 4.69) is 4.98 Å². The molecule has 1 heterocycles. The maximum atomic E-state index is 9.44. The summed E-state index contributed by atoms with van der Waals surface area (Å²) >= 11 is 0. The topological polar surface area (TPSA) is 42.4 Å². The number of pyridine rings is 1. The lowest BCUT2D eigenvalue weighted by Crippen LogP contribution is -2.23. The van der Waals surface area contributed by atoms with Crippen LogP contribution in [0.3, 0.4) is 0 Å². The highest BCUT2D eigenvalue weighted by molar-refractivity contribution is 5.15. The lowest BCUT2D eigenvalue weighted by Gasteiger charge is -2.14. The quantitative estimate of drug-likeness (QED) is 0.765. The zero-order valence-corrected chi connectivity index (χ0v) is 7.97. The predicted molar refractivity (Wildman–Crippen MR) is 50.6 cm³/mol. The lowest BCUT2D eigenvalue weighted by molar-refractivity contribution is 0.0700. The zero-order chi connectivity index (χ0) is 9.68. The van der Waals surface area contributed by atoms with Crippen molar-refractivity contribution in [2.75, 3.05) is 6.61 Å². The largest absolute Gasteiger partial charge is 0.489 e. The Morgan fingerprint density at radius 2 is 2.31 bits per heavy atom. The maximum Gasteiger partial charge on any atom is 0.137 e. The first-order valence-electron chi connectivity index (χ1n) is 4.41. The van der Waals surface area contributed by atoms with E-state index >= 15 is 0 Å². The minimum atomic E-state index is -0.416. The van der Waals surface area contributed by atoms with Crippen LogP contribution >= 0.6 is 0 Å². The van der Waals surface area contributed by atoms with Gasteiger partial charge in [-0.1, -0.05) is 13.8 Å². The number of aliphatic hydroxyl groups excluding tert-OH is 1. The minimum absolute atomic E-state index is 0.219. The van der Waals surface area contributed by atoms with E-state index in [0.717, 1.165) is 0 Å². The van der Waals surface area contributed by atoms with Crippen LogP contribution in [0.2, 0.25) is 0 Å². The van der Waals surface area contributed by atoms with E-state index in [9.17, 15) is 5.11 Å². The molecule has 1 unspecified atom stereocenters. The smallest absolute Gasteiger partial charge is 0.137 e. The number of hydrogen-bond donors (Lipinski definition) is 1. The Morgan fingerprint density at radius 3 is 2.85 bits per heavy atom. The van der Waals surface area contributed by atoms with Crippen LogP contribution in [0.4, 0.5) is 0 Å². The normalized spacial score (nSPS) is 12.9. The standard InChI is InChI=1S/C10H15NO2/c1-8(2)10(12)7-13-9-4-3-5-11-6-9/h3-6,8,10,12H,7H2,1-2H3. The van der Waals surface area contributed by atoms with E-state index in [1.165, 1.54) is 0 Å². The molecule has 1 aromatic heterocycles. The van der Waals surface area contributed by atoms with Crippen LogP contribution in [0.15, 0.2) is 24.5 Å². The third kappa shape index (κ3) is 3.42. The molecule has 0 amide bonds. The van der Waals surface area contributed by atoms with Crippen LogP contribution in [0, 0.1) is 5.92 Å². The Labute approximate surface area is 78.4 Å². The number of aromatic nitrogens is 1. The van der Waals surface area contributed by atoms with Gasteiger partial charge in [-0.2, -0.15) is 0 Å². The Kier molecular flexibility index (Phi) is 3.71. The molecule has 3 heteroatoms. The fraction of sp³-hybridized carbons (Fsp3) is 0.500. The second-order valence-corrected chi connectivity index (χ2v) is 3.31. The van der Waals surface area contributed by atoms with Crippen LogP contribution in [0.25, 0.3) is 0 Å². The third-order valence-corrected chi connectivity index (χ3v) is 1.82. The monoisotopic (exact) mass is 181 g/mol. The molecule has 0 saturated carbocycles. The first kappa shape index (κ1) is 9.99. The van der Waals surface area contributed by atoms with Gasteiger partial charge in [0.2, 0.25) is 0 Å². The molecule has 0 bridgehead atoms. The van der Waals surface area contributed by atoms with Crippen molar-refractivity contribution < 1.29 is 9.84 Å². The van der Waals surface area contributed by atoms with Crippen molar-refractivity contribution in [1.82, 2.24) is 4.98 Å². The minimum Gasteiger partial charge on any atom is -0.489 e. The summed E-state index contributed by atoms with van der Waals surface area (Å²) < 4.78 is 5.32. The number of rotatable bonds is 4. The molecule has 1 aromatic rings. The first-order chi connectivity index (χ1) is 6.20. The fourth-order valence-corrected chi connectivity index (χ4v) is 0.807. The van der Waals surface area contributed by atoms with Gasteiger partial charge >= 0.3 is 0 Å². The van der Waals surface area contributed by atoms with Crippen LogP contribution in [-0.4, -0.2) is 22.8 Å². The first-order valence-corrected chi connectivity index (χ1v) is 4.41.